The van der Waals surface area contributed by atoms with Gasteiger partial charge in [0.15, 0.2) is 0 Å². The minimum atomic E-state index is -6.60. The average Bonchev–Trinajstić information content (AvgIpc) is 2.37. The highest BCUT2D eigenvalue weighted by molar-refractivity contribution is 8.05. The highest BCUT2D eigenvalue weighted by Crippen LogP contribution is 2.28. The lowest BCUT2D eigenvalue weighted by Gasteiger charge is -2.25. The van der Waals surface area contributed by atoms with Gasteiger partial charge in [0.25, 0.3) is 0 Å². The standard InChI is InChI=1S/C9H13F5N2O5S2/c10-8(11,7(17)15-6-4-2-1-3-5-6)22(18,19)16-23(20,21)9(12,13)14/h6,16H,1-5H2,(H,15,17). The molecule has 0 aliphatic heterocycles. The molecule has 0 aromatic heterocycles. The van der Waals surface area contributed by atoms with Crippen LogP contribution in [-0.2, 0) is 24.8 Å². The highest BCUT2D eigenvalue weighted by atomic mass is 32.3. The van der Waals surface area contributed by atoms with Gasteiger partial charge in [0.2, 0.25) is 0 Å². The lowest BCUT2D eigenvalue weighted by atomic mass is 9.95. The molecule has 0 atom stereocenters. The van der Waals surface area contributed by atoms with Crippen molar-refractivity contribution in [3.8, 4) is 0 Å². The van der Waals surface area contributed by atoms with E-state index < -0.39 is 42.8 Å². The van der Waals surface area contributed by atoms with Gasteiger partial charge in [0.05, 0.1) is 0 Å². The van der Waals surface area contributed by atoms with Gasteiger partial charge in [-0.3, -0.25) is 4.79 Å². The third kappa shape index (κ3) is 4.50. The van der Waals surface area contributed by atoms with Crippen LogP contribution in [0.4, 0.5) is 22.0 Å². The molecule has 1 aliphatic carbocycles. The molecule has 23 heavy (non-hydrogen) atoms. The first-order valence-electron chi connectivity index (χ1n) is 6.24. The fraction of sp³-hybridized carbons (Fsp3) is 0.889. The number of hydrogen-bond donors (Lipinski definition) is 2. The summed E-state index contributed by atoms with van der Waals surface area (Å²) in [5, 5.41) is -3.68. The summed E-state index contributed by atoms with van der Waals surface area (Å²) in [6, 6.07) is -0.753. The Hall–Kier alpha value is -1.02. The monoisotopic (exact) mass is 388 g/mol. The van der Waals surface area contributed by atoms with Crippen molar-refractivity contribution in [2.45, 2.75) is 48.9 Å². The lowest BCUT2D eigenvalue weighted by Crippen LogP contribution is -2.55. The number of sulfonamides is 2. The quantitative estimate of drug-likeness (QED) is 0.677. The first-order valence-corrected chi connectivity index (χ1v) is 9.20. The zero-order valence-corrected chi connectivity index (χ0v) is 13.0. The van der Waals surface area contributed by atoms with Gasteiger partial charge in [-0.25, -0.2) is 16.8 Å². The van der Waals surface area contributed by atoms with Gasteiger partial charge in [-0.1, -0.05) is 23.4 Å². The zero-order chi connectivity index (χ0) is 18.1. The van der Waals surface area contributed by atoms with Crippen LogP contribution in [-0.4, -0.2) is 39.5 Å². The van der Waals surface area contributed by atoms with E-state index in [1.807, 2.05) is 0 Å². The summed E-state index contributed by atoms with van der Waals surface area (Å²) in [5.41, 5.74) is -6.13. The van der Waals surface area contributed by atoms with Crippen LogP contribution in [0.3, 0.4) is 0 Å². The normalized spacial score (nSPS) is 18.7. The molecule has 0 unspecified atom stereocenters. The average molecular weight is 388 g/mol. The Labute approximate surface area is 128 Å². The minimum Gasteiger partial charge on any atom is -0.347 e. The van der Waals surface area contributed by atoms with E-state index in [4.69, 9.17) is 0 Å². The molecular weight excluding hydrogens is 375 g/mol. The van der Waals surface area contributed by atoms with Crippen molar-refractivity contribution in [2.24, 2.45) is 0 Å². The topological polar surface area (TPSA) is 109 Å². The van der Waals surface area contributed by atoms with E-state index in [-0.39, 0.29) is 4.13 Å². The van der Waals surface area contributed by atoms with E-state index in [1.165, 1.54) is 0 Å². The van der Waals surface area contributed by atoms with Crippen LogP contribution in [0.2, 0.25) is 0 Å². The summed E-state index contributed by atoms with van der Waals surface area (Å²) in [6.45, 7) is 0. The van der Waals surface area contributed by atoms with E-state index in [0.717, 1.165) is 6.42 Å². The maximum absolute atomic E-state index is 13.6. The molecule has 14 heteroatoms. The van der Waals surface area contributed by atoms with Crippen LogP contribution in [0, 0.1) is 0 Å². The van der Waals surface area contributed by atoms with Gasteiger partial charge in [0.1, 0.15) is 0 Å². The molecule has 1 aliphatic rings. The Morgan fingerprint density at radius 1 is 0.870 bits per heavy atom. The van der Waals surface area contributed by atoms with Crippen molar-refractivity contribution in [3.05, 3.63) is 0 Å². The predicted octanol–water partition coefficient (Wildman–Crippen LogP) is 0.797. The number of nitrogens with one attached hydrogen (secondary N) is 2. The van der Waals surface area contributed by atoms with Gasteiger partial charge >= 0.3 is 36.7 Å². The smallest absolute Gasteiger partial charge is 0.347 e. The number of hydrogen-bond acceptors (Lipinski definition) is 5. The molecule has 0 aromatic rings. The van der Waals surface area contributed by atoms with Crippen LogP contribution in [0.5, 0.6) is 0 Å². The van der Waals surface area contributed by atoms with Crippen LogP contribution >= 0.6 is 0 Å². The Morgan fingerprint density at radius 3 is 1.78 bits per heavy atom. The second-order valence-electron chi connectivity index (χ2n) is 4.86. The fourth-order valence-corrected chi connectivity index (χ4v) is 4.14. The molecular formula is C9H13F5N2O5S2. The van der Waals surface area contributed by atoms with Crippen molar-refractivity contribution in [2.75, 3.05) is 0 Å². The summed E-state index contributed by atoms with van der Waals surface area (Å²) >= 11 is 0. The summed E-state index contributed by atoms with van der Waals surface area (Å²) < 4.78 is 107. The largest absolute Gasteiger partial charge is 0.512 e. The second kappa shape index (κ2) is 6.47. The van der Waals surface area contributed by atoms with Crippen LogP contribution in [0.1, 0.15) is 32.1 Å². The van der Waals surface area contributed by atoms with Crippen molar-refractivity contribution in [1.82, 2.24) is 9.44 Å². The van der Waals surface area contributed by atoms with E-state index in [0.29, 0.717) is 25.7 Å². The van der Waals surface area contributed by atoms with Crippen molar-refractivity contribution >= 4 is 26.0 Å². The fourth-order valence-electron chi connectivity index (χ4n) is 1.88. The van der Waals surface area contributed by atoms with E-state index in [9.17, 15) is 43.6 Å². The maximum Gasteiger partial charge on any atom is 0.512 e. The third-order valence-electron chi connectivity index (χ3n) is 3.07. The molecule has 0 heterocycles. The Morgan fingerprint density at radius 2 is 1.35 bits per heavy atom. The van der Waals surface area contributed by atoms with Crippen molar-refractivity contribution in [1.29, 1.82) is 0 Å². The van der Waals surface area contributed by atoms with Crippen LogP contribution < -0.4 is 9.44 Å². The maximum atomic E-state index is 13.6. The van der Waals surface area contributed by atoms with E-state index in [2.05, 4.69) is 0 Å². The molecule has 0 saturated heterocycles. The van der Waals surface area contributed by atoms with E-state index in [1.54, 1.807) is 5.32 Å². The van der Waals surface area contributed by atoms with E-state index >= 15 is 0 Å². The van der Waals surface area contributed by atoms with Crippen LogP contribution in [0.25, 0.3) is 0 Å². The number of rotatable bonds is 5. The third-order valence-corrected chi connectivity index (χ3v) is 6.29. The number of amides is 1. The number of carbonyl (C=O) groups excluding carboxylic acids is 1. The van der Waals surface area contributed by atoms with Gasteiger partial charge in [-0.05, 0) is 12.8 Å². The van der Waals surface area contributed by atoms with Gasteiger partial charge in [0, 0.05) is 6.04 Å². The molecule has 1 saturated carbocycles. The molecule has 136 valence electrons. The molecule has 0 bridgehead atoms. The molecule has 0 aromatic carbocycles. The number of halogens is 5. The highest BCUT2D eigenvalue weighted by Gasteiger charge is 2.58. The SMILES string of the molecule is O=C(NC1CCCCC1)C(F)(F)S(=O)(=O)NS(=O)(=O)C(F)(F)F. The predicted molar refractivity (Wildman–Crippen MR) is 67.0 cm³/mol. The van der Waals surface area contributed by atoms with Gasteiger partial charge in [-0.2, -0.15) is 22.0 Å². The number of carbonyl (C=O) groups is 1. The van der Waals surface area contributed by atoms with Gasteiger partial charge < -0.3 is 5.32 Å². The minimum absolute atomic E-state index is 0.160. The summed E-state index contributed by atoms with van der Waals surface area (Å²) in [5.74, 6) is -2.38. The summed E-state index contributed by atoms with van der Waals surface area (Å²) in [7, 11) is -13.1. The second-order valence-corrected chi connectivity index (χ2v) is 8.52. The Balaban J connectivity index is 2.94. The number of alkyl halides is 5. The Kier molecular flexibility index (Phi) is 5.63. The molecule has 0 radical (unpaired) electrons. The summed E-state index contributed by atoms with van der Waals surface area (Å²) in [4.78, 5) is 11.4. The van der Waals surface area contributed by atoms with Crippen LogP contribution in [0.15, 0.2) is 0 Å². The molecule has 7 nitrogen and oxygen atoms in total. The molecule has 0 spiro atoms. The van der Waals surface area contributed by atoms with Gasteiger partial charge in [-0.15, -0.1) is 0 Å². The molecule has 1 amide bonds. The first-order chi connectivity index (χ1) is 10.2. The molecule has 1 fully saturated rings. The molecule has 2 N–H and O–H groups in total. The Bertz CT molecular complexity index is 652. The lowest BCUT2D eigenvalue weighted by molar-refractivity contribution is -0.136. The zero-order valence-electron chi connectivity index (χ0n) is 11.4. The van der Waals surface area contributed by atoms with Crippen molar-refractivity contribution in [3.63, 3.8) is 0 Å². The molecule has 1 rings (SSSR count). The van der Waals surface area contributed by atoms with Crippen molar-refractivity contribution < 1.29 is 43.6 Å². The summed E-state index contributed by atoms with van der Waals surface area (Å²) in [6.07, 6.45) is 2.60. The first kappa shape index (κ1) is 20.0.